The molecule has 112 valence electrons. The second-order valence-electron chi connectivity index (χ2n) is 4.71. The third-order valence-electron chi connectivity index (χ3n) is 3.27. The highest BCUT2D eigenvalue weighted by atomic mass is 79.9. The highest BCUT2D eigenvalue weighted by molar-refractivity contribution is 9.10. The van der Waals surface area contributed by atoms with Crippen molar-refractivity contribution in [1.82, 2.24) is 5.32 Å². The van der Waals surface area contributed by atoms with Gasteiger partial charge in [0.25, 0.3) is 0 Å². The SMILES string of the molecule is C=COCCNC(=O)[C@H]1CC(=O)N(c2ccc(Br)cc2)C1. The number of anilines is 1. The van der Waals surface area contributed by atoms with Crippen molar-refractivity contribution in [3.63, 3.8) is 0 Å². The highest BCUT2D eigenvalue weighted by Crippen LogP contribution is 2.26. The van der Waals surface area contributed by atoms with Crippen molar-refractivity contribution >= 4 is 33.4 Å². The summed E-state index contributed by atoms with van der Waals surface area (Å²) in [5, 5.41) is 2.76. The first-order valence-corrected chi connectivity index (χ1v) is 7.47. The van der Waals surface area contributed by atoms with Crippen molar-refractivity contribution in [3.8, 4) is 0 Å². The average Bonchev–Trinajstić information content (AvgIpc) is 2.86. The van der Waals surface area contributed by atoms with Gasteiger partial charge in [0.1, 0.15) is 6.61 Å². The van der Waals surface area contributed by atoms with Crippen molar-refractivity contribution in [2.45, 2.75) is 6.42 Å². The Labute approximate surface area is 132 Å². The molecule has 0 aromatic heterocycles. The van der Waals surface area contributed by atoms with Gasteiger partial charge in [0, 0.05) is 23.1 Å². The molecule has 0 aliphatic carbocycles. The fourth-order valence-electron chi connectivity index (χ4n) is 2.21. The molecule has 0 bridgehead atoms. The van der Waals surface area contributed by atoms with Crippen LogP contribution >= 0.6 is 15.9 Å². The topological polar surface area (TPSA) is 58.6 Å². The molecule has 0 radical (unpaired) electrons. The molecule has 0 unspecified atom stereocenters. The first-order chi connectivity index (χ1) is 10.1. The minimum atomic E-state index is -0.315. The van der Waals surface area contributed by atoms with Crippen molar-refractivity contribution in [2.75, 3.05) is 24.6 Å². The summed E-state index contributed by atoms with van der Waals surface area (Å²) in [5.41, 5.74) is 0.813. The largest absolute Gasteiger partial charge is 0.500 e. The summed E-state index contributed by atoms with van der Waals surface area (Å²) in [6.07, 6.45) is 1.57. The van der Waals surface area contributed by atoms with Gasteiger partial charge in [-0.25, -0.2) is 0 Å². The van der Waals surface area contributed by atoms with E-state index >= 15 is 0 Å². The zero-order valence-electron chi connectivity index (χ0n) is 11.5. The molecule has 2 amide bonds. The lowest BCUT2D eigenvalue weighted by atomic mass is 10.1. The maximum absolute atomic E-state index is 12.0. The third-order valence-corrected chi connectivity index (χ3v) is 3.80. The lowest BCUT2D eigenvalue weighted by Gasteiger charge is -2.16. The molecule has 1 aromatic rings. The molecule has 0 saturated carbocycles. The van der Waals surface area contributed by atoms with E-state index in [2.05, 4.69) is 27.8 Å². The van der Waals surface area contributed by atoms with E-state index in [1.165, 1.54) is 6.26 Å². The molecule has 1 aromatic carbocycles. The Morgan fingerprint density at radius 1 is 1.48 bits per heavy atom. The van der Waals surface area contributed by atoms with Crippen LogP contribution in [-0.2, 0) is 14.3 Å². The monoisotopic (exact) mass is 352 g/mol. The van der Waals surface area contributed by atoms with Gasteiger partial charge in [-0.1, -0.05) is 22.5 Å². The third kappa shape index (κ3) is 4.07. The molecule has 1 N–H and O–H groups in total. The van der Waals surface area contributed by atoms with Crippen LogP contribution in [0.4, 0.5) is 5.69 Å². The number of carbonyl (C=O) groups is 2. The van der Waals surface area contributed by atoms with E-state index < -0.39 is 0 Å². The number of carbonyl (C=O) groups excluding carboxylic acids is 2. The zero-order valence-corrected chi connectivity index (χ0v) is 13.1. The van der Waals surface area contributed by atoms with Gasteiger partial charge in [-0.05, 0) is 24.3 Å². The van der Waals surface area contributed by atoms with E-state index in [9.17, 15) is 9.59 Å². The lowest BCUT2D eigenvalue weighted by Crippen LogP contribution is -2.34. The van der Waals surface area contributed by atoms with Gasteiger partial charge in [-0.15, -0.1) is 0 Å². The van der Waals surface area contributed by atoms with E-state index in [1.807, 2.05) is 24.3 Å². The molecular weight excluding hydrogens is 336 g/mol. The van der Waals surface area contributed by atoms with Crippen LogP contribution in [0.2, 0.25) is 0 Å². The number of halogens is 1. The van der Waals surface area contributed by atoms with Crippen LogP contribution in [0.15, 0.2) is 41.6 Å². The normalized spacial score (nSPS) is 17.7. The predicted octanol–water partition coefficient (Wildman–Crippen LogP) is 2.08. The first kappa shape index (κ1) is 15.6. The second-order valence-corrected chi connectivity index (χ2v) is 5.63. The summed E-state index contributed by atoms with van der Waals surface area (Å²) < 4.78 is 5.89. The predicted molar refractivity (Wildman–Crippen MR) is 83.8 cm³/mol. The number of hydrogen-bond acceptors (Lipinski definition) is 3. The summed E-state index contributed by atoms with van der Waals surface area (Å²) in [5.74, 6) is -0.458. The molecule has 1 fully saturated rings. The van der Waals surface area contributed by atoms with Crippen LogP contribution < -0.4 is 10.2 Å². The molecule has 6 heteroatoms. The summed E-state index contributed by atoms with van der Waals surface area (Å²) in [7, 11) is 0. The van der Waals surface area contributed by atoms with Crippen LogP contribution in [0.25, 0.3) is 0 Å². The summed E-state index contributed by atoms with van der Waals surface area (Å²) in [4.78, 5) is 25.7. The minimum absolute atomic E-state index is 0.0280. The van der Waals surface area contributed by atoms with Gasteiger partial charge < -0.3 is 15.0 Å². The Kier molecular flexibility index (Phi) is 5.38. The van der Waals surface area contributed by atoms with Crippen LogP contribution in [0, 0.1) is 5.92 Å². The van der Waals surface area contributed by atoms with Crippen molar-refractivity contribution in [2.24, 2.45) is 5.92 Å². The van der Waals surface area contributed by atoms with Gasteiger partial charge in [0.2, 0.25) is 11.8 Å². The fraction of sp³-hybridized carbons (Fsp3) is 0.333. The number of nitrogens with zero attached hydrogens (tertiary/aromatic N) is 1. The number of benzene rings is 1. The van der Waals surface area contributed by atoms with Crippen molar-refractivity contribution in [3.05, 3.63) is 41.6 Å². The maximum Gasteiger partial charge on any atom is 0.227 e. The Balaban J connectivity index is 1.91. The van der Waals surface area contributed by atoms with Crippen LogP contribution in [-0.4, -0.2) is 31.5 Å². The standard InChI is InChI=1S/C15H17BrN2O3/c1-2-21-8-7-17-15(20)11-9-14(19)18(10-11)13-5-3-12(16)4-6-13/h2-6,11H,1,7-10H2,(H,17,20)/t11-/m0/s1. The fourth-order valence-corrected chi connectivity index (χ4v) is 2.48. The zero-order chi connectivity index (χ0) is 15.2. The van der Waals surface area contributed by atoms with E-state index in [0.717, 1.165) is 10.2 Å². The van der Waals surface area contributed by atoms with Crippen LogP contribution in [0.1, 0.15) is 6.42 Å². The molecule has 1 aliphatic rings. The molecule has 1 heterocycles. The Morgan fingerprint density at radius 2 is 2.19 bits per heavy atom. The Morgan fingerprint density at radius 3 is 2.86 bits per heavy atom. The van der Waals surface area contributed by atoms with E-state index in [-0.39, 0.29) is 24.2 Å². The summed E-state index contributed by atoms with van der Waals surface area (Å²) in [6.45, 7) is 4.63. The number of amides is 2. The molecule has 2 rings (SSSR count). The lowest BCUT2D eigenvalue weighted by molar-refractivity contribution is -0.126. The van der Waals surface area contributed by atoms with Gasteiger partial charge >= 0.3 is 0 Å². The van der Waals surface area contributed by atoms with Gasteiger partial charge in [0.15, 0.2) is 0 Å². The summed E-state index contributed by atoms with van der Waals surface area (Å²) in [6, 6.07) is 7.48. The first-order valence-electron chi connectivity index (χ1n) is 6.68. The molecule has 1 saturated heterocycles. The average molecular weight is 353 g/mol. The maximum atomic E-state index is 12.0. The van der Waals surface area contributed by atoms with E-state index in [1.54, 1.807) is 4.90 Å². The van der Waals surface area contributed by atoms with Gasteiger partial charge in [-0.2, -0.15) is 0 Å². The highest BCUT2D eigenvalue weighted by Gasteiger charge is 2.34. The molecule has 21 heavy (non-hydrogen) atoms. The quantitative estimate of drug-likeness (QED) is 0.629. The number of rotatable bonds is 6. The molecule has 1 aliphatic heterocycles. The molecule has 5 nitrogen and oxygen atoms in total. The molecule has 1 atom stereocenters. The van der Waals surface area contributed by atoms with Gasteiger partial charge in [0.05, 0.1) is 18.7 Å². The smallest absolute Gasteiger partial charge is 0.227 e. The Bertz CT molecular complexity index is 530. The summed E-state index contributed by atoms with van der Waals surface area (Å²) >= 11 is 3.36. The Hall–Kier alpha value is -1.82. The molecular formula is C15H17BrN2O3. The van der Waals surface area contributed by atoms with Crippen molar-refractivity contribution in [1.29, 1.82) is 0 Å². The minimum Gasteiger partial charge on any atom is -0.500 e. The van der Waals surface area contributed by atoms with Crippen LogP contribution in [0.5, 0.6) is 0 Å². The van der Waals surface area contributed by atoms with Gasteiger partial charge in [-0.3, -0.25) is 9.59 Å². The number of ether oxygens (including phenoxy) is 1. The van der Waals surface area contributed by atoms with Crippen molar-refractivity contribution < 1.29 is 14.3 Å². The second kappa shape index (κ2) is 7.26. The van der Waals surface area contributed by atoms with E-state index in [4.69, 9.17) is 4.74 Å². The van der Waals surface area contributed by atoms with E-state index in [0.29, 0.717) is 19.7 Å². The number of nitrogens with one attached hydrogen (secondary N) is 1. The molecule has 0 spiro atoms. The number of hydrogen-bond donors (Lipinski definition) is 1. The van der Waals surface area contributed by atoms with Crippen LogP contribution in [0.3, 0.4) is 0 Å².